The van der Waals surface area contributed by atoms with Crippen molar-refractivity contribution in [2.45, 2.75) is 39.3 Å². The van der Waals surface area contributed by atoms with Crippen molar-refractivity contribution >= 4 is 5.96 Å². The fraction of sp³-hybridized carbons (Fsp3) is 0.471. The average molecular weight is 314 g/mol. The Morgan fingerprint density at radius 1 is 1.22 bits per heavy atom. The third-order valence-electron chi connectivity index (χ3n) is 4.26. The minimum Gasteiger partial charge on any atom is -0.353 e. The summed E-state index contributed by atoms with van der Waals surface area (Å²) in [6, 6.07) is 10.7. The molecule has 2 atom stereocenters. The van der Waals surface area contributed by atoms with Crippen LogP contribution in [0.3, 0.4) is 0 Å². The summed E-state index contributed by atoms with van der Waals surface area (Å²) in [7, 11) is 3.74. The highest BCUT2D eigenvalue weighted by Crippen LogP contribution is 2.18. The smallest absolute Gasteiger partial charge is 0.191 e. The highest BCUT2D eigenvalue weighted by molar-refractivity contribution is 5.79. The van der Waals surface area contributed by atoms with E-state index in [1.165, 1.54) is 5.56 Å². The van der Waals surface area contributed by atoms with Crippen LogP contribution in [0.1, 0.15) is 37.0 Å². The molecule has 0 fully saturated rings. The van der Waals surface area contributed by atoms with Crippen LogP contribution >= 0.6 is 0 Å². The van der Waals surface area contributed by atoms with Crippen LogP contribution in [0.4, 0.5) is 0 Å². The minimum absolute atomic E-state index is 0.254. The standard InChI is InChI=1S/C17H26N6/c1-12(15-9-7-6-8-10-15)13(2)20-17(18-4)19-11-16-22-21-14(3)23(16)5/h6-10,12-13H,11H2,1-5H3,(H2,18,19,20). The first-order valence-corrected chi connectivity index (χ1v) is 7.90. The van der Waals surface area contributed by atoms with Gasteiger partial charge in [-0.2, -0.15) is 0 Å². The molecule has 2 N–H and O–H groups in total. The number of aromatic nitrogens is 3. The lowest BCUT2D eigenvalue weighted by atomic mass is 9.94. The van der Waals surface area contributed by atoms with E-state index in [0.29, 0.717) is 12.5 Å². The van der Waals surface area contributed by atoms with Crippen LogP contribution in [0.15, 0.2) is 35.3 Å². The molecule has 0 bridgehead atoms. The molecule has 0 aliphatic carbocycles. The summed E-state index contributed by atoms with van der Waals surface area (Å²) in [6.07, 6.45) is 0. The molecule has 124 valence electrons. The lowest BCUT2D eigenvalue weighted by molar-refractivity contribution is 0.548. The molecular weight excluding hydrogens is 288 g/mol. The molecule has 0 saturated carbocycles. The van der Waals surface area contributed by atoms with Crippen LogP contribution in [-0.2, 0) is 13.6 Å². The third kappa shape index (κ3) is 4.31. The van der Waals surface area contributed by atoms with Crippen LogP contribution in [0.5, 0.6) is 0 Å². The third-order valence-corrected chi connectivity index (χ3v) is 4.26. The average Bonchev–Trinajstić information content (AvgIpc) is 2.90. The van der Waals surface area contributed by atoms with Crippen LogP contribution in [0.2, 0.25) is 0 Å². The normalized spacial score (nSPS) is 14.4. The summed E-state index contributed by atoms with van der Waals surface area (Å²) in [6.45, 7) is 6.90. The molecule has 6 nitrogen and oxygen atoms in total. The van der Waals surface area contributed by atoms with E-state index >= 15 is 0 Å². The van der Waals surface area contributed by atoms with Crippen molar-refractivity contribution in [3.8, 4) is 0 Å². The zero-order chi connectivity index (χ0) is 16.8. The molecule has 2 rings (SSSR count). The van der Waals surface area contributed by atoms with E-state index in [4.69, 9.17) is 0 Å². The molecule has 0 aliphatic rings. The predicted octanol–water partition coefficient (Wildman–Crippen LogP) is 1.98. The zero-order valence-electron chi connectivity index (χ0n) is 14.5. The molecule has 2 aromatic rings. The monoisotopic (exact) mass is 314 g/mol. The number of nitrogens with one attached hydrogen (secondary N) is 2. The van der Waals surface area contributed by atoms with E-state index in [0.717, 1.165) is 17.6 Å². The fourth-order valence-corrected chi connectivity index (χ4v) is 2.35. The molecule has 1 aromatic carbocycles. The zero-order valence-corrected chi connectivity index (χ0v) is 14.5. The lowest BCUT2D eigenvalue weighted by Gasteiger charge is -2.24. The second-order valence-corrected chi connectivity index (χ2v) is 5.78. The van der Waals surface area contributed by atoms with Crippen LogP contribution < -0.4 is 10.6 Å². The molecule has 0 saturated heterocycles. The number of guanidine groups is 1. The largest absolute Gasteiger partial charge is 0.353 e. The molecule has 0 radical (unpaired) electrons. The lowest BCUT2D eigenvalue weighted by Crippen LogP contribution is -2.44. The van der Waals surface area contributed by atoms with Gasteiger partial charge in [0.2, 0.25) is 0 Å². The number of hydrogen-bond donors (Lipinski definition) is 2. The predicted molar refractivity (Wildman–Crippen MR) is 93.4 cm³/mol. The molecule has 1 heterocycles. The number of aryl methyl sites for hydroxylation is 1. The molecule has 23 heavy (non-hydrogen) atoms. The van der Waals surface area contributed by atoms with Gasteiger partial charge in [0.25, 0.3) is 0 Å². The Morgan fingerprint density at radius 3 is 2.48 bits per heavy atom. The van der Waals surface area contributed by atoms with Gasteiger partial charge in [0.1, 0.15) is 5.82 Å². The van der Waals surface area contributed by atoms with Crippen molar-refractivity contribution in [1.82, 2.24) is 25.4 Å². The Balaban J connectivity index is 1.93. The number of benzene rings is 1. The van der Waals surface area contributed by atoms with E-state index in [-0.39, 0.29) is 6.04 Å². The van der Waals surface area contributed by atoms with Gasteiger partial charge >= 0.3 is 0 Å². The maximum Gasteiger partial charge on any atom is 0.191 e. The van der Waals surface area contributed by atoms with Crippen LogP contribution in [0, 0.1) is 6.92 Å². The Bertz CT molecular complexity index is 646. The number of hydrogen-bond acceptors (Lipinski definition) is 3. The Morgan fingerprint density at radius 2 is 1.91 bits per heavy atom. The molecular formula is C17H26N6. The van der Waals surface area contributed by atoms with Gasteiger partial charge in [-0.3, -0.25) is 4.99 Å². The first-order valence-electron chi connectivity index (χ1n) is 7.90. The summed E-state index contributed by atoms with van der Waals surface area (Å²) >= 11 is 0. The van der Waals surface area contributed by atoms with Gasteiger partial charge in [0, 0.05) is 26.1 Å². The Labute approximate surface area is 138 Å². The van der Waals surface area contributed by atoms with Gasteiger partial charge in [0.05, 0.1) is 6.54 Å². The number of nitrogens with zero attached hydrogens (tertiary/aromatic N) is 4. The van der Waals surface area contributed by atoms with Crippen LogP contribution in [-0.4, -0.2) is 33.8 Å². The highest BCUT2D eigenvalue weighted by atomic mass is 15.3. The first kappa shape index (κ1) is 17.0. The second-order valence-electron chi connectivity index (χ2n) is 5.78. The van der Waals surface area contributed by atoms with E-state index in [9.17, 15) is 0 Å². The summed E-state index contributed by atoms with van der Waals surface area (Å²) in [4.78, 5) is 4.29. The van der Waals surface area contributed by atoms with Crippen molar-refractivity contribution < 1.29 is 0 Å². The molecule has 2 unspecified atom stereocenters. The second kappa shape index (κ2) is 7.76. The van der Waals surface area contributed by atoms with E-state index in [1.807, 2.05) is 24.6 Å². The summed E-state index contributed by atoms with van der Waals surface area (Å²) in [5.41, 5.74) is 1.31. The Kier molecular flexibility index (Phi) is 5.73. The van der Waals surface area contributed by atoms with Crippen molar-refractivity contribution in [1.29, 1.82) is 0 Å². The summed E-state index contributed by atoms with van der Waals surface area (Å²) in [5, 5.41) is 14.9. The van der Waals surface area contributed by atoms with E-state index < -0.39 is 0 Å². The van der Waals surface area contributed by atoms with Gasteiger partial charge in [-0.25, -0.2) is 0 Å². The number of rotatable bonds is 5. The van der Waals surface area contributed by atoms with Crippen molar-refractivity contribution in [3.05, 3.63) is 47.5 Å². The molecule has 6 heteroatoms. The van der Waals surface area contributed by atoms with Crippen molar-refractivity contribution in [2.24, 2.45) is 12.0 Å². The maximum absolute atomic E-state index is 4.29. The van der Waals surface area contributed by atoms with E-state index in [1.54, 1.807) is 7.05 Å². The van der Waals surface area contributed by atoms with Crippen molar-refractivity contribution in [3.63, 3.8) is 0 Å². The van der Waals surface area contributed by atoms with Gasteiger partial charge in [-0.15, -0.1) is 10.2 Å². The summed E-state index contributed by atoms with van der Waals surface area (Å²) < 4.78 is 1.97. The molecule has 1 aromatic heterocycles. The fourth-order valence-electron chi connectivity index (χ4n) is 2.35. The van der Waals surface area contributed by atoms with Gasteiger partial charge in [-0.1, -0.05) is 37.3 Å². The topological polar surface area (TPSA) is 67.1 Å². The van der Waals surface area contributed by atoms with E-state index in [2.05, 4.69) is 63.9 Å². The minimum atomic E-state index is 0.254. The Hall–Kier alpha value is -2.37. The maximum atomic E-state index is 4.29. The SMILES string of the molecule is CN=C(NCc1nnc(C)n1C)NC(C)C(C)c1ccccc1. The molecule has 0 spiro atoms. The van der Waals surface area contributed by atoms with Gasteiger partial charge < -0.3 is 15.2 Å². The molecule has 0 amide bonds. The summed E-state index contributed by atoms with van der Waals surface area (Å²) in [5.74, 6) is 2.93. The van der Waals surface area contributed by atoms with Crippen molar-refractivity contribution in [2.75, 3.05) is 7.05 Å². The molecule has 0 aliphatic heterocycles. The quantitative estimate of drug-likeness (QED) is 0.654. The first-order chi connectivity index (χ1) is 11.0. The highest BCUT2D eigenvalue weighted by Gasteiger charge is 2.15. The van der Waals surface area contributed by atoms with Gasteiger partial charge in [0.15, 0.2) is 11.8 Å². The van der Waals surface area contributed by atoms with Gasteiger partial charge in [-0.05, 0) is 19.4 Å². The number of aliphatic imine (C=N–C) groups is 1. The van der Waals surface area contributed by atoms with Crippen LogP contribution in [0.25, 0.3) is 0 Å².